The summed E-state index contributed by atoms with van der Waals surface area (Å²) in [6.07, 6.45) is 4.43. The fraction of sp³-hybridized carbons (Fsp3) is 0.571. The van der Waals surface area contributed by atoms with E-state index in [0.717, 1.165) is 12.8 Å². The molecule has 1 aromatic rings. The van der Waals surface area contributed by atoms with Crippen molar-refractivity contribution in [3.8, 4) is 5.75 Å². The van der Waals surface area contributed by atoms with Gasteiger partial charge >= 0.3 is 5.69 Å². The summed E-state index contributed by atoms with van der Waals surface area (Å²) >= 11 is 0. The monoisotopic (exact) mass is 264 g/mol. The predicted molar refractivity (Wildman–Crippen MR) is 74.8 cm³/mol. The topological polar surface area (TPSA) is 64.4 Å². The molecule has 1 fully saturated rings. The number of para-hydroxylation sites is 1. The largest absolute Gasteiger partial charge is 0.487 e. The quantitative estimate of drug-likeness (QED) is 0.650. The lowest BCUT2D eigenvalue weighted by Gasteiger charge is -2.26. The molecular formula is C14H20N2O3. The van der Waals surface area contributed by atoms with E-state index in [1.54, 1.807) is 18.2 Å². The van der Waals surface area contributed by atoms with Crippen molar-refractivity contribution in [1.29, 1.82) is 0 Å². The molecule has 2 rings (SSSR count). The molecule has 0 unspecified atom stereocenters. The maximum absolute atomic E-state index is 11.3. The van der Waals surface area contributed by atoms with Gasteiger partial charge in [-0.15, -0.1) is 0 Å². The zero-order valence-corrected chi connectivity index (χ0v) is 11.4. The van der Waals surface area contributed by atoms with Crippen molar-refractivity contribution in [2.24, 2.45) is 0 Å². The average molecular weight is 264 g/mol. The number of nitrogens with zero attached hydrogens (tertiary/aromatic N) is 1. The van der Waals surface area contributed by atoms with Gasteiger partial charge in [0.05, 0.1) is 11.5 Å². The smallest absolute Gasteiger partial charge is 0.333 e. The van der Waals surface area contributed by atoms with Crippen LogP contribution in [0.25, 0.3) is 0 Å². The molecule has 5 nitrogen and oxygen atoms in total. The van der Waals surface area contributed by atoms with Crippen LogP contribution in [0, 0.1) is 10.1 Å². The van der Waals surface area contributed by atoms with Crippen LogP contribution in [0.2, 0.25) is 0 Å². The SMILES string of the molecule is CCOc1cccc(NC2(C)CCCC2)c1[N+](=O)[O-]. The predicted octanol–water partition coefficient (Wildman–Crippen LogP) is 3.74. The minimum absolute atomic E-state index is 0.0393. The number of nitro benzene ring substituents is 1. The van der Waals surface area contributed by atoms with Crippen molar-refractivity contribution >= 4 is 11.4 Å². The molecule has 1 aromatic carbocycles. The van der Waals surface area contributed by atoms with Gasteiger partial charge in [-0.2, -0.15) is 0 Å². The fourth-order valence-corrected chi connectivity index (χ4v) is 2.69. The Morgan fingerprint density at radius 2 is 2.11 bits per heavy atom. The first-order valence-electron chi connectivity index (χ1n) is 6.74. The van der Waals surface area contributed by atoms with Crippen LogP contribution in [0.3, 0.4) is 0 Å². The van der Waals surface area contributed by atoms with E-state index in [1.807, 2.05) is 6.92 Å². The number of hydrogen-bond donors (Lipinski definition) is 1. The summed E-state index contributed by atoms with van der Waals surface area (Å²) in [5.41, 5.74) is 0.549. The molecule has 0 spiro atoms. The summed E-state index contributed by atoms with van der Waals surface area (Å²) in [5, 5.41) is 14.6. The van der Waals surface area contributed by atoms with Crippen LogP contribution in [0.1, 0.15) is 39.5 Å². The lowest BCUT2D eigenvalue weighted by molar-refractivity contribution is -0.385. The van der Waals surface area contributed by atoms with E-state index in [4.69, 9.17) is 4.74 Å². The number of nitro groups is 1. The Morgan fingerprint density at radius 3 is 2.68 bits per heavy atom. The fourth-order valence-electron chi connectivity index (χ4n) is 2.69. The third-order valence-electron chi connectivity index (χ3n) is 3.62. The molecular weight excluding hydrogens is 244 g/mol. The van der Waals surface area contributed by atoms with Gasteiger partial charge in [0, 0.05) is 5.54 Å². The van der Waals surface area contributed by atoms with Crippen molar-refractivity contribution in [3.05, 3.63) is 28.3 Å². The molecule has 0 amide bonds. The van der Waals surface area contributed by atoms with Gasteiger partial charge in [-0.1, -0.05) is 18.9 Å². The lowest BCUT2D eigenvalue weighted by Crippen LogP contribution is -2.31. The molecule has 0 radical (unpaired) electrons. The Balaban J connectivity index is 2.33. The Morgan fingerprint density at radius 1 is 1.42 bits per heavy atom. The van der Waals surface area contributed by atoms with Gasteiger partial charge in [0.2, 0.25) is 0 Å². The van der Waals surface area contributed by atoms with Gasteiger partial charge in [0.25, 0.3) is 0 Å². The normalized spacial score (nSPS) is 17.2. The Bertz CT molecular complexity index is 468. The van der Waals surface area contributed by atoms with Gasteiger partial charge in [-0.25, -0.2) is 0 Å². The van der Waals surface area contributed by atoms with Crippen LogP contribution in [0.4, 0.5) is 11.4 Å². The second-order valence-corrected chi connectivity index (χ2v) is 5.24. The van der Waals surface area contributed by atoms with Crippen molar-refractivity contribution in [1.82, 2.24) is 0 Å². The van der Waals surface area contributed by atoms with E-state index >= 15 is 0 Å². The summed E-state index contributed by atoms with van der Waals surface area (Å²) in [4.78, 5) is 10.9. The summed E-state index contributed by atoms with van der Waals surface area (Å²) in [7, 11) is 0. The molecule has 0 aliphatic heterocycles. The summed E-state index contributed by atoms with van der Waals surface area (Å²) in [6, 6.07) is 5.19. The van der Waals surface area contributed by atoms with Gasteiger partial charge in [-0.3, -0.25) is 10.1 Å². The highest BCUT2D eigenvalue weighted by Crippen LogP contribution is 2.39. The number of hydrogen-bond acceptors (Lipinski definition) is 4. The van der Waals surface area contributed by atoms with E-state index in [9.17, 15) is 10.1 Å². The summed E-state index contributed by atoms with van der Waals surface area (Å²) < 4.78 is 5.35. The first-order valence-corrected chi connectivity index (χ1v) is 6.74. The Hall–Kier alpha value is -1.78. The highest BCUT2D eigenvalue weighted by molar-refractivity contribution is 5.69. The van der Waals surface area contributed by atoms with Crippen LogP contribution in [-0.2, 0) is 0 Å². The van der Waals surface area contributed by atoms with Crippen molar-refractivity contribution in [2.45, 2.75) is 45.1 Å². The second kappa shape index (κ2) is 5.47. The summed E-state index contributed by atoms with van der Waals surface area (Å²) in [5.74, 6) is 0.332. The molecule has 1 N–H and O–H groups in total. The van der Waals surface area contributed by atoms with Crippen LogP contribution in [-0.4, -0.2) is 17.1 Å². The number of ether oxygens (including phenoxy) is 1. The first-order chi connectivity index (χ1) is 9.06. The minimum atomic E-state index is -0.369. The first kappa shape index (κ1) is 13.6. The van der Waals surface area contributed by atoms with Crippen molar-refractivity contribution in [3.63, 3.8) is 0 Å². The minimum Gasteiger partial charge on any atom is -0.487 e. The van der Waals surface area contributed by atoms with E-state index in [0.29, 0.717) is 18.0 Å². The lowest BCUT2D eigenvalue weighted by atomic mass is 10.00. The zero-order valence-electron chi connectivity index (χ0n) is 11.4. The summed E-state index contributed by atoms with van der Waals surface area (Å²) in [6.45, 7) is 4.36. The van der Waals surface area contributed by atoms with Crippen LogP contribution in [0.5, 0.6) is 5.75 Å². The molecule has 1 saturated carbocycles. The average Bonchev–Trinajstić information content (AvgIpc) is 2.76. The number of rotatable bonds is 5. The molecule has 5 heteroatoms. The molecule has 0 aromatic heterocycles. The third kappa shape index (κ3) is 2.97. The van der Waals surface area contributed by atoms with Crippen LogP contribution >= 0.6 is 0 Å². The third-order valence-corrected chi connectivity index (χ3v) is 3.62. The van der Waals surface area contributed by atoms with Crippen LogP contribution in [0.15, 0.2) is 18.2 Å². The van der Waals surface area contributed by atoms with Crippen molar-refractivity contribution < 1.29 is 9.66 Å². The maximum atomic E-state index is 11.3. The highest BCUT2D eigenvalue weighted by Gasteiger charge is 2.31. The molecule has 19 heavy (non-hydrogen) atoms. The van der Waals surface area contributed by atoms with Crippen LogP contribution < -0.4 is 10.1 Å². The second-order valence-electron chi connectivity index (χ2n) is 5.24. The molecule has 1 aliphatic rings. The molecule has 0 bridgehead atoms. The van der Waals surface area contributed by atoms with E-state index < -0.39 is 0 Å². The van der Waals surface area contributed by atoms with Gasteiger partial charge in [0.15, 0.2) is 5.75 Å². The van der Waals surface area contributed by atoms with E-state index in [1.165, 1.54) is 12.8 Å². The number of benzene rings is 1. The number of anilines is 1. The van der Waals surface area contributed by atoms with Gasteiger partial charge < -0.3 is 10.1 Å². The molecule has 1 aliphatic carbocycles. The number of nitrogens with one attached hydrogen (secondary N) is 1. The van der Waals surface area contributed by atoms with Crippen molar-refractivity contribution in [2.75, 3.05) is 11.9 Å². The molecule has 104 valence electrons. The maximum Gasteiger partial charge on any atom is 0.333 e. The zero-order chi connectivity index (χ0) is 13.9. The Labute approximate surface area is 113 Å². The van der Waals surface area contributed by atoms with E-state index in [2.05, 4.69) is 12.2 Å². The molecule has 0 atom stereocenters. The molecule has 0 saturated heterocycles. The highest BCUT2D eigenvalue weighted by atomic mass is 16.6. The van der Waals surface area contributed by atoms with Gasteiger partial charge in [0.1, 0.15) is 5.69 Å². The standard InChI is InChI=1S/C14H20N2O3/c1-3-19-12-8-6-7-11(13(12)16(17)18)15-14(2)9-4-5-10-14/h6-8,15H,3-5,9-10H2,1-2H3. The van der Waals surface area contributed by atoms with Gasteiger partial charge in [-0.05, 0) is 38.8 Å². The Kier molecular flexibility index (Phi) is 3.93. The van der Waals surface area contributed by atoms with E-state index in [-0.39, 0.29) is 16.1 Å². The molecule has 0 heterocycles.